The van der Waals surface area contributed by atoms with E-state index >= 15 is 0 Å². The number of nitrogens with one attached hydrogen (secondary N) is 4. The number of aromatic amines is 1. The van der Waals surface area contributed by atoms with Crippen molar-refractivity contribution in [2.75, 3.05) is 0 Å². The first kappa shape index (κ1) is 34.0. The summed E-state index contributed by atoms with van der Waals surface area (Å²) in [5.74, 6) is -0.429. The van der Waals surface area contributed by atoms with Gasteiger partial charge in [-0.2, -0.15) is 0 Å². The number of hydrogen-bond donors (Lipinski definition) is 5. The molecule has 0 spiro atoms. The molecule has 5 atom stereocenters. The van der Waals surface area contributed by atoms with Crippen LogP contribution >= 0.6 is 0 Å². The summed E-state index contributed by atoms with van der Waals surface area (Å²) in [6, 6.07) is 7.22. The summed E-state index contributed by atoms with van der Waals surface area (Å²) in [7, 11) is 0. The average molecular weight is 594 g/mol. The van der Waals surface area contributed by atoms with Crippen molar-refractivity contribution in [2.24, 2.45) is 23.7 Å². The van der Waals surface area contributed by atoms with E-state index in [9.17, 15) is 19.5 Å². The number of aliphatic hydroxyl groups is 1. The first-order valence-corrected chi connectivity index (χ1v) is 15.8. The van der Waals surface area contributed by atoms with Gasteiger partial charge in [-0.05, 0) is 49.0 Å². The molecule has 9 heteroatoms. The van der Waals surface area contributed by atoms with Crippen LogP contribution in [0.4, 0.5) is 0 Å². The SMILES string of the molecule is C=C[C@@H](C[C@@H](O)[C@H](CC(C)C)NC(=O)[C@H](Cc1c[nH]cn1)NC(=O)[C@H](Cc1ccccc1)NC(=O)C1CCCC1)C(C)C. The fourth-order valence-electron chi connectivity index (χ4n) is 5.82. The van der Waals surface area contributed by atoms with Crippen LogP contribution in [-0.4, -0.2) is 57.0 Å². The van der Waals surface area contributed by atoms with Crippen molar-refractivity contribution in [3.05, 3.63) is 66.8 Å². The van der Waals surface area contributed by atoms with Gasteiger partial charge in [-0.25, -0.2) is 4.98 Å². The fraction of sp³-hybridized carbons (Fsp3) is 0.588. The Morgan fingerprint density at radius 2 is 1.63 bits per heavy atom. The van der Waals surface area contributed by atoms with E-state index in [0.717, 1.165) is 31.2 Å². The molecule has 1 aliphatic rings. The zero-order valence-corrected chi connectivity index (χ0v) is 26.2. The normalized spacial score (nSPS) is 17.2. The van der Waals surface area contributed by atoms with Gasteiger partial charge in [-0.15, -0.1) is 6.58 Å². The topological polar surface area (TPSA) is 136 Å². The minimum atomic E-state index is -0.959. The van der Waals surface area contributed by atoms with E-state index in [4.69, 9.17) is 0 Å². The van der Waals surface area contributed by atoms with E-state index in [1.807, 2.05) is 50.3 Å². The van der Waals surface area contributed by atoms with Crippen LogP contribution in [0.3, 0.4) is 0 Å². The number of benzene rings is 1. The number of carbonyl (C=O) groups excluding carboxylic acids is 3. The Labute approximate surface area is 256 Å². The minimum Gasteiger partial charge on any atom is -0.391 e. The van der Waals surface area contributed by atoms with Crippen LogP contribution in [0.2, 0.25) is 0 Å². The molecule has 3 amide bonds. The van der Waals surface area contributed by atoms with E-state index in [0.29, 0.717) is 30.9 Å². The lowest BCUT2D eigenvalue weighted by Crippen LogP contribution is -2.57. The Bertz CT molecular complexity index is 1140. The van der Waals surface area contributed by atoms with Gasteiger partial charge in [0.2, 0.25) is 17.7 Å². The highest BCUT2D eigenvalue weighted by Gasteiger charge is 2.33. The lowest BCUT2D eigenvalue weighted by atomic mass is 9.86. The van der Waals surface area contributed by atoms with Gasteiger partial charge >= 0.3 is 0 Å². The predicted octanol–water partition coefficient (Wildman–Crippen LogP) is 4.09. The molecule has 0 radical (unpaired) electrons. The van der Waals surface area contributed by atoms with Gasteiger partial charge in [0.05, 0.1) is 24.2 Å². The van der Waals surface area contributed by atoms with Crippen LogP contribution < -0.4 is 16.0 Å². The first-order chi connectivity index (χ1) is 20.6. The lowest BCUT2D eigenvalue weighted by Gasteiger charge is -2.31. The summed E-state index contributed by atoms with van der Waals surface area (Å²) in [5, 5.41) is 20.2. The molecule has 0 aliphatic heterocycles. The summed E-state index contributed by atoms with van der Waals surface area (Å²) >= 11 is 0. The Balaban J connectivity index is 1.81. The smallest absolute Gasteiger partial charge is 0.243 e. The van der Waals surface area contributed by atoms with Gasteiger partial charge in [0, 0.05) is 25.0 Å². The number of rotatable bonds is 17. The van der Waals surface area contributed by atoms with Gasteiger partial charge in [0.15, 0.2) is 0 Å². The number of imidazole rings is 1. The Hall–Kier alpha value is -3.46. The lowest BCUT2D eigenvalue weighted by molar-refractivity contribution is -0.133. The van der Waals surface area contributed by atoms with E-state index in [-0.39, 0.29) is 30.1 Å². The third kappa shape index (κ3) is 11.0. The standard InChI is InChI=1S/C34H51N5O4/c1-6-25(23(4)5)18-31(40)28(16-22(2)3)37-34(43)30(19-27-20-35-21-36-27)39-33(42)29(17-24-12-8-7-9-13-24)38-32(41)26-14-10-11-15-26/h6-9,12-13,20-23,25-26,28-31,40H,1,10-11,14-19H2,2-5H3,(H,35,36)(H,37,43)(H,38,41)(H,39,42)/t25-,28-,29-,30-,31+/m0/s1. The zero-order valence-electron chi connectivity index (χ0n) is 26.2. The summed E-state index contributed by atoms with van der Waals surface area (Å²) in [6.07, 6.45) is 9.44. The van der Waals surface area contributed by atoms with Gasteiger partial charge in [0.1, 0.15) is 12.1 Å². The highest BCUT2D eigenvalue weighted by molar-refractivity contribution is 5.93. The van der Waals surface area contributed by atoms with Gasteiger partial charge in [0.25, 0.3) is 0 Å². The number of aromatic nitrogens is 2. The Morgan fingerprint density at radius 1 is 0.977 bits per heavy atom. The molecule has 43 heavy (non-hydrogen) atoms. The highest BCUT2D eigenvalue weighted by Crippen LogP contribution is 2.25. The van der Waals surface area contributed by atoms with Crippen molar-refractivity contribution in [1.82, 2.24) is 25.9 Å². The third-order valence-electron chi connectivity index (χ3n) is 8.43. The second-order valence-electron chi connectivity index (χ2n) is 12.7. The van der Waals surface area contributed by atoms with E-state index < -0.39 is 36.0 Å². The van der Waals surface area contributed by atoms with Crippen molar-refractivity contribution in [2.45, 2.75) is 103 Å². The Morgan fingerprint density at radius 3 is 2.21 bits per heavy atom. The van der Waals surface area contributed by atoms with Crippen LogP contribution in [0.5, 0.6) is 0 Å². The van der Waals surface area contributed by atoms with Crippen molar-refractivity contribution >= 4 is 17.7 Å². The molecule has 1 fully saturated rings. The molecular weight excluding hydrogens is 542 g/mol. The molecule has 236 valence electrons. The van der Waals surface area contributed by atoms with E-state index in [1.54, 1.807) is 6.20 Å². The summed E-state index contributed by atoms with van der Waals surface area (Å²) < 4.78 is 0. The molecule has 5 N–H and O–H groups in total. The number of aliphatic hydroxyl groups excluding tert-OH is 1. The molecular formula is C34H51N5O4. The molecule has 9 nitrogen and oxygen atoms in total. The predicted molar refractivity (Wildman–Crippen MR) is 169 cm³/mol. The summed E-state index contributed by atoms with van der Waals surface area (Å²) in [6.45, 7) is 12.2. The average Bonchev–Trinajstić information content (AvgIpc) is 3.70. The number of H-pyrrole nitrogens is 1. The maximum absolute atomic E-state index is 13.8. The van der Waals surface area contributed by atoms with Crippen molar-refractivity contribution in [3.8, 4) is 0 Å². The molecule has 1 aliphatic carbocycles. The number of allylic oxidation sites excluding steroid dienone is 1. The summed E-state index contributed by atoms with van der Waals surface area (Å²) in [4.78, 5) is 47.9. The van der Waals surface area contributed by atoms with Crippen LogP contribution in [0.15, 0.2) is 55.5 Å². The van der Waals surface area contributed by atoms with Crippen LogP contribution in [0.25, 0.3) is 0 Å². The second kappa shape index (κ2) is 17.0. The van der Waals surface area contributed by atoms with Gasteiger partial charge in [-0.3, -0.25) is 14.4 Å². The van der Waals surface area contributed by atoms with Crippen molar-refractivity contribution in [1.29, 1.82) is 0 Å². The molecule has 3 rings (SSSR count). The molecule has 1 aromatic carbocycles. The number of carbonyl (C=O) groups is 3. The van der Waals surface area contributed by atoms with E-state index in [2.05, 4.69) is 46.3 Å². The molecule has 1 saturated carbocycles. The van der Waals surface area contributed by atoms with Gasteiger partial charge < -0.3 is 26.0 Å². The molecule has 0 bridgehead atoms. The van der Waals surface area contributed by atoms with Gasteiger partial charge in [-0.1, -0.05) is 76.9 Å². The van der Waals surface area contributed by atoms with Crippen LogP contribution in [0, 0.1) is 23.7 Å². The molecule has 1 heterocycles. The highest BCUT2D eigenvalue weighted by atomic mass is 16.3. The van der Waals surface area contributed by atoms with Crippen LogP contribution in [0.1, 0.15) is 77.5 Å². The van der Waals surface area contributed by atoms with E-state index in [1.165, 1.54) is 6.33 Å². The maximum atomic E-state index is 13.8. The monoisotopic (exact) mass is 593 g/mol. The number of hydrogen-bond acceptors (Lipinski definition) is 5. The molecule has 0 unspecified atom stereocenters. The molecule has 1 aromatic heterocycles. The maximum Gasteiger partial charge on any atom is 0.243 e. The molecule has 2 aromatic rings. The second-order valence-corrected chi connectivity index (χ2v) is 12.7. The first-order valence-electron chi connectivity index (χ1n) is 15.8. The van der Waals surface area contributed by atoms with Crippen LogP contribution in [-0.2, 0) is 27.2 Å². The number of amides is 3. The van der Waals surface area contributed by atoms with Crippen molar-refractivity contribution in [3.63, 3.8) is 0 Å². The zero-order chi connectivity index (χ0) is 31.4. The molecule has 0 saturated heterocycles. The van der Waals surface area contributed by atoms with Crippen molar-refractivity contribution < 1.29 is 19.5 Å². The Kier molecular flexibility index (Phi) is 13.4. The minimum absolute atomic E-state index is 0.0993. The fourth-order valence-corrected chi connectivity index (χ4v) is 5.82. The summed E-state index contributed by atoms with van der Waals surface area (Å²) in [5.41, 5.74) is 1.52. The third-order valence-corrected chi connectivity index (χ3v) is 8.43. The number of nitrogens with zero attached hydrogens (tertiary/aromatic N) is 1. The largest absolute Gasteiger partial charge is 0.391 e. The quantitative estimate of drug-likeness (QED) is 0.176.